The first-order chi connectivity index (χ1) is 16.3. The summed E-state index contributed by atoms with van der Waals surface area (Å²) >= 11 is 0. The van der Waals surface area contributed by atoms with Crippen molar-refractivity contribution < 1.29 is 24.9 Å². The molecule has 5 fully saturated rings. The summed E-state index contributed by atoms with van der Waals surface area (Å²) in [7, 11) is 0. The number of aliphatic hydroxyl groups is 3. The van der Waals surface area contributed by atoms with Crippen LogP contribution in [0.2, 0.25) is 0 Å². The van der Waals surface area contributed by atoms with E-state index in [1.54, 1.807) is 0 Å². The van der Waals surface area contributed by atoms with Crippen molar-refractivity contribution in [1.82, 2.24) is 0 Å². The molecular weight excluding hydrogens is 440 g/mol. The fourth-order valence-electron chi connectivity index (χ4n) is 11.0. The lowest BCUT2D eigenvalue weighted by molar-refractivity contribution is -0.262. The molecule has 6 rings (SSSR count). The minimum absolute atomic E-state index is 0.0115. The molecule has 13 atom stereocenters. The lowest BCUT2D eigenvalue weighted by Crippen LogP contribution is -2.57. The number of rotatable bonds is 4. The van der Waals surface area contributed by atoms with Gasteiger partial charge >= 0.3 is 0 Å². The quantitative estimate of drug-likeness (QED) is 0.519. The molecule has 6 aliphatic rings. The standard InChI is InChI=1S/C30H44O5/c1-16(14-31)17(2)25(33)30(34)19(4)24-22(35-30)13-27(6)23-8-7-20-18(3)21(32)9-10-28(20)15-29(23,28)12-11-26(24,27)5/h9-10,16,18-20,22-25,31,33-34H,2,7-8,11-15H2,1,3-6H3/t16-,18-,19-,20-,22-,23-,24-,25?,26+,27-,28+,29-,30?/m0/s1. The third-order valence-electron chi connectivity index (χ3n) is 13.2. The smallest absolute Gasteiger partial charge is 0.199 e. The molecule has 0 aromatic rings. The lowest BCUT2D eigenvalue weighted by atomic mass is 9.43. The average Bonchev–Trinajstić information content (AvgIpc) is 3.34. The Bertz CT molecular complexity index is 1000. The Balaban J connectivity index is 1.32. The van der Waals surface area contributed by atoms with Gasteiger partial charge in [-0.1, -0.05) is 47.3 Å². The number of carbonyl (C=O) groups excluding carboxylic acids is 1. The second kappa shape index (κ2) is 7.09. The molecule has 4 saturated carbocycles. The number of allylic oxidation sites excluding steroid dienone is 2. The fraction of sp³-hybridized carbons (Fsp3) is 0.833. The van der Waals surface area contributed by atoms with Crippen LogP contribution in [0.15, 0.2) is 24.3 Å². The van der Waals surface area contributed by atoms with Crippen LogP contribution in [0.1, 0.15) is 73.1 Å². The lowest BCUT2D eigenvalue weighted by Gasteiger charge is -2.61. The van der Waals surface area contributed by atoms with Gasteiger partial charge in [0.05, 0.1) is 6.10 Å². The Morgan fingerprint density at radius 1 is 1.23 bits per heavy atom. The van der Waals surface area contributed by atoms with Crippen molar-refractivity contribution in [3.05, 3.63) is 24.3 Å². The predicted octanol–water partition coefficient (Wildman–Crippen LogP) is 4.26. The summed E-state index contributed by atoms with van der Waals surface area (Å²) in [6.07, 6.45) is 9.60. The van der Waals surface area contributed by atoms with E-state index in [4.69, 9.17) is 4.74 Å². The van der Waals surface area contributed by atoms with Gasteiger partial charge < -0.3 is 20.1 Å². The molecule has 35 heavy (non-hydrogen) atoms. The van der Waals surface area contributed by atoms with Crippen molar-refractivity contribution in [2.75, 3.05) is 6.61 Å². The van der Waals surface area contributed by atoms with Crippen LogP contribution < -0.4 is 0 Å². The Labute approximate surface area is 210 Å². The topological polar surface area (TPSA) is 87.0 Å². The summed E-state index contributed by atoms with van der Waals surface area (Å²) in [6, 6.07) is 0. The molecule has 5 heteroatoms. The normalized spacial score (nSPS) is 57.4. The van der Waals surface area contributed by atoms with Crippen molar-refractivity contribution in [3.8, 4) is 0 Å². The molecule has 0 radical (unpaired) electrons. The maximum absolute atomic E-state index is 12.5. The maximum Gasteiger partial charge on any atom is 0.199 e. The van der Waals surface area contributed by atoms with E-state index >= 15 is 0 Å². The third kappa shape index (κ3) is 2.57. The highest BCUT2D eigenvalue weighted by Crippen LogP contribution is 2.87. The van der Waals surface area contributed by atoms with Crippen LogP contribution in [-0.4, -0.2) is 45.7 Å². The zero-order chi connectivity index (χ0) is 25.3. The SMILES string of the molecule is C=C(C(O)C1(O)O[C@H]2C[C@@]3(C)[C@@H]4CC[C@H]5[C@H](C)C(=O)C=C[C@@]56C[C@@]46CC[C@]3(C)[C@H]2[C@@H]1C)[C@@H](C)CO. The van der Waals surface area contributed by atoms with E-state index in [2.05, 4.69) is 33.4 Å². The van der Waals surface area contributed by atoms with Crippen molar-refractivity contribution in [2.24, 2.45) is 57.2 Å². The van der Waals surface area contributed by atoms with E-state index < -0.39 is 11.9 Å². The molecule has 1 aliphatic heterocycles. The summed E-state index contributed by atoms with van der Waals surface area (Å²) in [4.78, 5) is 12.5. The average molecular weight is 485 g/mol. The Morgan fingerprint density at radius 2 is 1.94 bits per heavy atom. The summed E-state index contributed by atoms with van der Waals surface area (Å²) < 4.78 is 6.45. The number of fused-ring (bicyclic) bond motifs is 4. The molecule has 0 aromatic heterocycles. The largest absolute Gasteiger partial charge is 0.396 e. The van der Waals surface area contributed by atoms with E-state index in [1.807, 2.05) is 19.9 Å². The predicted molar refractivity (Wildman–Crippen MR) is 133 cm³/mol. The third-order valence-corrected chi connectivity index (χ3v) is 13.2. The van der Waals surface area contributed by atoms with Gasteiger partial charge in [-0.2, -0.15) is 0 Å². The summed E-state index contributed by atoms with van der Waals surface area (Å²) in [5, 5.41) is 32.4. The number of ether oxygens (including phenoxy) is 1. The number of hydrogen-bond acceptors (Lipinski definition) is 5. The zero-order valence-electron chi connectivity index (χ0n) is 22.1. The van der Waals surface area contributed by atoms with Crippen molar-refractivity contribution in [1.29, 1.82) is 0 Å². The van der Waals surface area contributed by atoms with Crippen molar-refractivity contribution in [2.45, 2.75) is 91.1 Å². The van der Waals surface area contributed by atoms with Gasteiger partial charge in [0.15, 0.2) is 11.6 Å². The van der Waals surface area contributed by atoms with Gasteiger partial charge in [0, 0.05) is 24.4 Å². The van der Waals surface area contributed by atoms with Crippen LogP contribution in [0.3, 0.4) is 0 Å². The van der Waals surface area contributed by atoms with Gasteiger partial charge in [0.25, 0.3) is 0 Å². The molecule has 2 unspecified atom stereocenters. The second-order valence-corrected chi connectivity index (χ2v) is 14.0. The van der Waals surface area contributed by atoms with Gasteiger partial charge in [0.1, 0.15) is 6.10 Å². The molecule has 2 spiro atoms. The van der Waals surface area contributed by atoms with Crippen LogP contribution in [0.4, 0.5) is 0 Å². The molecule has 0 amide bonds. The van der Waals surface area contributed by atoms with Crippen LogP contribution >= 0.6 is 0 Å². The van der Waals surface area contributed by atoms with Crippen LogP contribution in [0.5, 0.6) is 0 Å². The van der Waals surface area contributed by atoms with Crippen LogP contribution in [0, 0.1) is 57.2 Å². The summed E-state index contributed by atoms with van der Waals surface area (Å²) in [5.74, 6) is -0.521. The fourth-order valence-corrected chi connectivity index (χ4v) is 11.0. The molecule has 0 bridgehead atoms. The van der Waals surface area contributed by atoms with Crippen molar-refractivity contribution >= 4 is 5.78 Å². The van der Waals surface area contributed by atoms with Gasteiger partial charge in [-0.05, 0) is 89.6 Å². The van der Waals surface area contributed by atoms with Gasteiger partial charge in [-0.15, -0.1) is 0 Å². The van der Waals surface area contributed by atoms with E-state index in [9.17, 15) is 20.1 Å². The molecule has 3 N–H and O–H groups in total. The van der Waals surface area contributed by atoms with Gasteiger partial charge in [-0.3, -0.25) is 4.79 Å². The Morgan fingerprint density at radius 3 is 2.63 bits per heavy atom. The summed E-state index contributed by atoms with van der Waals surface area (Å²) in [6.45, 7) is 14.8. The van der Waals surface area contributed by atoms with E-state index in [-0.39, 0.29) is 52.6 Å². The van der Waals surface area contributed by atoms with Gasteiger partial charge in [0.2, 0.25) is 0 Å². The zero-order valence-corrected chi connectivity index (χ0v) is 22.1. The molecule has 0 aromatic carbocycles. The highest BCUT2D eigenvalue weighted by molar-refractivity contribution is 5.93. The first kappa shape index (κ1) is 24.3. The number of carbonyl (C=O) groups is 1. The Hall–Kier alpha value is -1.01. The highest BCUT2D eigenvalue weighted by atomic mass is 16.7. The molecule has 1 saturated heterocycles. The number of aliphatic hydroxyl groups excluding tert-OH is 2. The monoisotopic (exact) mass is 484 g/mol. The molecule has 5 nitrogen and oxygen atoms in total. The number of ketones is 1. The molecular formula is C30H44O5. The molecule has 1 heterocycles. The first-order valence-electron chi connectivity index (χ1n) is 13.9. The molecule has 5 aliphatic carbocycles. The van der Waals surface area contributed by atoms with Crippen LogP contribution in [-0.2, 0) is 9.53 Å². The molecule has 194 valence electrons. The van der Waals surface area contributed by atoms with Crippen LogP contribution in [0.25, 0.3) is 0 Å². The van der Waals surface area contributed by atoms with E-state index in [0.717, 1.165) is 19.3 Å². The second-order valence-electron chi connectivity index (χ2n) is 14.0. The summed E-state index contributed by atoms with van der Waals surface area (Å²) in [5.41, 5.74) is 1.05. The highest BCUT2D eigenvalue weighted by Gasteiger charge is 2.82. The maximum atomic E-state index is 12.5. The Kier molecular flexibility index (Phi) is 4.93. The van der Waals surface area contributed by atoms with Gasteiger partial charge in [-0.25, -0.2) is 0 Å². The minimum Gasteiger partial charge on any atom is -0.396 e. The van der Waals surface area contributed by atoms with E-state index in [1.165, 1.54) is 19.3 Å². The van der Waals surface area contributed by atoms with E-state index in [0.29, 0.717) is 28.6 Å². The van der Waals surface area contributed by atoms with Crippen molar-refractivity contribution in [3.63, 3.8) is 0 Å². The number of hydrogen-bond donors (Lipinski definition) is 3. The first-order valence-corrected chi connectivity index (χ1v) is 13.9. The minimum atomic E-state index is -1.67.